The largest absolute Gasteiger partial charge is 0.306 e. The van der Waals surface area contributed by atoms with E-state index in [0.717, 1.165) is 72.8 Å². The molecule has 0 amide bonds. The van der Waals surface area contributed by atoms with Gasteiger partial charge in [0.2, 0.25) is 5.95 Å². The summed E-state index contributed by atoms with van der Waals surface area (Å²) >= 11 is 6.30. The summed E-state index contributed by atoms with van der Waals surface area (Å²) in [4.78, 5) is 57.6. The summed E-state index contributed by atoms with van der Waals surface area (Å²) in [6.07, 6.45) is 5.21. The number of carbonyl (C=O) groups is 1. The molecule has 13 aromatic rings. The van der Waals surface area contributed by atoms with E-state index >= 15 is 0 Å². The van der Waals surface area contributed by atoms with E-state index in [1.165, 1.54) is 28.3 Å². The van der Waals surface area contributed by atoms with Crippen LogP contribution in [0.3, 0.4) is 0 Å². The van der Waals surface area contributed by atoms with Crippen LogP contribution in [0.4, 0.5) is 4.39 Å². The molecule has 0 aliphatic heterocycles. The van der Waals surface area contributed by atoms with Crippen molar-refractivity contribution in [1.82, 2.24) is 49.8 Å². The number of ketones is 1. The average Bonchev–Trinajstić information content (AvgIpc) is 0.795. The zero-order valence-electron chi connectivity index (χ0n) is 59.1. The second-order valence-electron chi connectivity index (χ2n) is 28.3. The van der Waals surface area contributed by atoms with Gasteiger partial charge in [0.1, 0.15) is 10.9 Å². The molecule has 0 aliphatic rings. The average molecular weight is 1900 g/mol. The van der Waals surface area contributed by atoms with E-state index in [2.05, 4.69) is 216 Å². The minimum atomic E-state index is -0.564. The van der Waals surface area contributed by atoms with Gasteiger partial charge in [-0.2, -0.15) is 9.37 Å². The van der Waals surface area contributed by atoms with Crippen LogP contribution in [0, 0.1) is 24.1 Å². The van der Waals surface area contributed by atoms with E-state index in [1.54, 1.807) is 43.7 Å². The third-order valence-electron chi connectivity index (χ3n) is 16.7. The van der Waals surface area contributed by atoms with Gasteiger partial charge in [0, 0.05) is 130 Å². The first kappa shape index (κ1) is 78.7. The Balaban J connectivity index is 0.000000196. The van der Waals surface area contributed by atoms with Gasteiger partial charge in [0.15, 0.2) is 29.1 Å². The second-order valence-corrected chi connectivity index (χ2v) is 28.7. The Kier molecular flexibility index (Phi) is 26.1. The molecule has 13 rings (SSSR count). The maximum Gasteiger partial charge on any atom is 0.217 e. The number of benzene rings is 7. The molecular weight excluding hydrogens is 1820 g/mol. The van der Waals surface area contributed by atoms with Crippen LogP contribution >= 0.6 is 11.6 Å². The molecule has 7 aromatic carbocycles. The van der Waals surface area contributed by atoms with Gasteiger partial charge in [0.25, 0.3) is 0 Å². The molecule has 0 saturated heterocycles. The summed E-state index contributed by atoms with van der Waals surface area (Å²) in [6, 6.07) is 78.3. The summed E-state index contributed by atoms with van der Waals surface area (Å²) in [5, 5.41) is 0.408. The Bertz CT molecular complexity index is 4650. The molecular formula is C86H77ClFIr3N10O-3. The van der Waals surface area contributed by atoms with Crippen molar-refractivity contribution in [2.24, 2.45) is 0 Å². The van der Waals surface area contributed by atoms with Crippen LogP contribution in [-0.2, 0) is 82.0 Å². The standard InChI is InChI=1S/C36H35N4O.C25H21ClN3.C25H21FN3.3Ir/c1-23(41)24-8-10-25(11-9-24)31-21-16-28(22-37-31)34-39-32(26-12-17-29(18-13-26)35(2,3)4)38-33(40-34)27-14-19-30(20-15-27)36(5,6)7;2*1-25(2,3)20-12-9-18(10-13-20)22-15-23(26)29-24(28-22)19-11-14-21(27-16-19)17-7-5-4-6-8-17;;;/h8-10,12-22H,1-7H3;2*4-7,9-16H,1-3H3;;;/q3*-1;;;. The van der Waals surface area contributed by atoms with Crippen molar-refractivity contribution in [2.45, 2.75) is 112 Å². The summed E-state index contributed by atoms with van der Waals surface area (Å²) in [5.74, 6) is 2.11. The quantitative estimate of drug-likeness (QED) is 0.0693. The molecule has 521 valence electrons. The molecule has 0 aliphatic carbocycles. The first-order chi connectivity index (χ1) is 47.2. The molecule has 0 fully saturated rings. The molecule has 6 aromatic heterocycles. The SMILES string of the molecule is CC(=O)c1c[c-]c(-c2ccc(-c3nc(-c4ccc(C(C)(C)C)cc4)nc(-c4ccc(C(C)(C)C)cc4)n3)cn2)cc1.CC(C)(C)c1ccc(-c2cc(Cl)nc(-c3ccc(-c4[c-]cccc4)nc3)n2)cc1.CC(C)(C)c1ccc(-c2cc(F)nc(-c3ccc(-c4[c-]cccc4)nc3)n2)cc1.[Ir].[Ir].[Ir]. The predicted molar refractivity (Wildman–Crippen MR) is 398 cm³/mol. The fraction of sp³-hybridized carbons (Fsp3) is 0.198. The third kappa shape index (κ3) is 20.2. The van der Waals surface area contributed by atoms with Gasteiger partial charge in [-0.25, -0.2) is 29.9 Å². The zero-order chi connectivity index (χ0) is 70.2. The molecule has 6 heterocycles. The van der Waals surface area contributed by atoms with Crippen LogP contribution in [0.5, 0.6) is 0 Å². The number of hydrogen-bond donors (Lipinski definition) is 0. The van der Waals surface area contributed by atoms with E-state index in [9.17, 15) is 9.18 Å². The normalized spacial score (nSPS) is 11.3. The minimum Gasteiger partial charge on any atom is -0.306 e. The van der Waals surface area contributed by atoms with Crippen LogP contribution in [0.15, 0.2) is 231 Å². The van der Waals surface area contributed by atoms with Crippen molar-refractivity contribution in [2.75, 3.05) is 0 Å². The van der Waals surface area contributed by atoms with Crippen LogP contribution in [0.25, 0.3) is 113 Å². The monoisotopic (exact) mass is 1900 g/mol. The van der Waals surface area contributed by atoms with Crippen molar-refractivity contribution in [1.29, 1.82) is 0 Å². The predicted octanol–water partition coefficient (Wildman–Crippen LogP) is 21.3. The maximum atomic E-state index is 14.2. The van der Waals surface area contributed by atoms with Gasteiger partial charge < -0.3 is 19.7 Å². The Hall–Kier alpha value is -9.00. The first-order valence-electron chi connectivity index (χ1n) is 32.8. The number of hydrogen-bond acceptors (Lipinski definition) is 11. The Morgan fingerprint density at radius 3 is 0.980 bits per heavy atom. The molecule has 0 N–H and O–H groups in total. The van der Waals surface area contributed by atoms with E-state index in [0.29, 0.717) is 51.1 Å². The van der Waals surface area contributed by atoms with Crippen LogP contribution < -0.4 is 0 Å². The number of Topliss-reactive ketones (excluding diaryl/α,β-unsaturated/α-hetero) is 1. The van der Waals surface area contributed by atoms with Gasteiger partial charge in [0.05, 0.1) is 11.4 Å². The number of pyridine rings is 3. The van der Waals surface area contributed by atoms with Crippen LogP contribution in [0.2, 0.25) is 5.15 Å². The molecule has 0 unspecified atom stereocenters. The minimum absolute atomic E-state index is 0. The summed E-state index contributed by atoms with van der Waals surface area (Å²) in [7, 11) is 0. The van der Waals surface area contributed by atoms with Crippen LogP contribution in [-0.4, -0.2) is 55.6 Å². The summed E-state index contributed by atoms with van der Waals surface area (Å²) < 4.78 is 14.2. The number of nitrogens with zero attached hydrogens (tertiary/aromatic N) is 10. The topological polar surface area (TPSA) is 146 Å². The molecule has 3 radical (unpaired) electrons. The first-order valence-corrected chi connectivity index (χ1v) is 33.2. The van der Waals surface area contributed by atoms with E-state index in [4.69, 9.17) is 31.5 Å². The number of rotatable bonds is 11. The second kappa shape index (κ2) is 33.9. The molecule has 0 spiro atoms. The van der Waals surface area contributed by atoms with Crippen molar-refractivity contribution in [3.05, 3.63) is 288 Å². The molecule has 0 atom stereocenters. The molecule has 16 heteroatoms. The van der Waals surface area contributed by atoms with Crippen molar-refractivity contribution in [3.63, 3.8) is 0 Å². The molecule has 11 nitrogen and oxygen atoms in total. The number of aromatic nitrogens is 10. The van der Waals surface area contributed by atoms with E-state index in [-0.39, 0.29) is 87.8 Å². The molecule has 0 bridgehead atoms. The van der Waals surface area contributed by atoms with E-state index in [1.807, 2.05) is 103 Å². The van der Waals surface area contributed by atoms with Crippen molar-refractivity contribution in [3.8, 4) is 113 Å². The van der Waals surface area contributed by atoms with Crippen LogP contribution in [0.1, 0.15) is 123 Å². The zero-order valence-corrected chi connectivity index (χ0v) is 67.0. The fourth-order valence-corrected chi connectivity index (χ4v) is 10.8. The smallest absolute Gasteiger partial charge is 0.217 e. The van der Waals surface area contributed by atoms with Crippen molar-refractivity contribution < 1.29 is 69.5 Å². The Morgan fingerprint density at radius 2 is 0.667 bits per heavy atom. The number of carbonyl (C=O) groups excluding carboxylic acids is 1. The Morgan fingerprint density at radius 1 is 0.343 bits per heavy atom. The van der Waals surface area contributed by atoms with Gasteiger partial charge >= 0.3 is 0 Å². The van der Waals surface area contributed by atoms with Gasteiger partial charge in [-0.1, -0.05) is 234 Å². The summed E-state index contributed by atoms with van der Waals surface area (Å²) in [5.41, 5.74) is 18.3. The van der Waals surface area contributed by atoms with Gasteiger partial charge in [-0.15, -0.1) is 102 Å². The Labute approximate surface area is 644 Å². The van der Waals surface area contributed by atoms with Gasteiger partial charge in [-0.05, 0) is 67.9 Å². The summed E-state index contributed by atoms with van der Waals surface area (Å²) in [6.45, 7) is 27.8. The number of halogens is 2. The van der Waals surface area contributed by atoms with Crippen molar-refractivity contribution >= 4 is 17.4 Å². The van der Waals surface area contributed by atoms with E-state index < -0.39 is 5.95 Å². The third-order valence-corrected chi connectivity index (χ3v) is 16.9. The molecule has 102 heavy (non-hydrogen) atoms. The van der Waals surface area contributed by atoms with Gasteiger partial charge in [-0.3, -0.25) is 0 Å². The molecule has 0 saturated carbocycles. The maximum absolute atomic E-state index is 14.2. The fourth-order valence-electron chi connectivity index (χ4n) is 10.6.